The van der Waals surface area contributed by atoms with Crippen LogP contribution in [0.25, 0.3) is 0 Å². The van der Waals surface area contributed by atoms with Crippen molar-refractivity contribution >= 4 is 11.9 Å². The molecule has 0 aliphatic heterocycles. The molecule has 0 aliphatic carbocycles. The fourth-order valence-corrected chi connectivity index (χ4v) is 1.99. The second-order valence-electron chi connectivity index (χ2n) is 6.48. The first kappa shape index (κ1) is 20.7. The first-order valence-electron chi connectivity index (χ1n) is 8.29. The summed E-state index contributed by atoms with van der Waals surface area (Å²) in [5.74, 6) is -0.254. The van der Waals surface area contributed by atoms with E-state index in [1.165, 1.54) is 13.5 Å². The molecule has 0 radical (unpaired) electrons. The van der Waals surface area contributed by atoms with Crippen LogP contribution in [0.1, 0.15) is 78.6 Å². The van der Waals surface area contributed by atoms with Gasteiger partial charge in [-0.3, -0.25) is 9.59 Å². The predicted octanol–water partition coefficient (Wildman–Crippen LogP) is 4.57. The number of carbonyl (C=O) groups is 2. The summed E-state index contributed by atoms with van der Waals surface area (Å²) in [6, 6.07) is 0. The van der Waals surface area contributed by atoms with Crippen molar-refractivity contribution in [1.29, 1.82) is 0 Å². The van der Waals surface area contributed by atoms with E-state index in [1.807, 2.05) is 26.8 Å². The molecule has 0 aromatic heterocycles. The molecule has 0 aromatic rings. The minimum atomic E-state index is -0.378. The number of carbonyl (C=O) groups excluding carboxylic acids is 2. The van der Waals surface area contributed by atoms with Crippen LogP contribution < -0.4 is 0 Å². The molecule has 0 rings (SSSR count). The summed E-state index contributed by atoms with van der Waals surface area (Å²) in [6.07, 6.45) is 12.4. The molecule has 0 aromatic carbocycles. The van der Waals surface area contributed by atoms with E-state index in [-0.39, 0.29) is 17.5 Å². The van der Waals surface area contributed by atoms with E-state index in [4.69, 9.17) is 4.74 Å². The average molecular weight is 312 g/mol. The minimum absolute atomic E-state index is 0.0963. The van der Waals surface area contributed by atoms with Gasteiger partial charge < -0.3 is 9.47 Å². The predicted molar refractivity (Wildman–Crippen MR) is 88.6 cm³/mol. The quantitative estimate of drug-likeness (QED) is 0.318. The van der Waals surface area contributed by atoms with Crippen LogP contribution in [-0.4, -0.2) is 24.6 Å². The summed E-state index contributed by atoms with van der Waals surface area (Å²) in [7, 11) is 1.41. The van der Waals surface area contributed by atoms with Crippen LogP contribution in [0, 0.1) is 0 Å². The molecule has 0 N–H and O–H groups in total. The van der Waals surface area contributed by atoms with Gasteiger partial charge in [0, 0.05) is 12.8 Å². The van der Waals surface area contributed by atoms with Gasteiger partial charge in [-0.25, -0.2) is 0 Å². The lowest BCUT2D eigenvalue weighted by molar-refractivity contribution is -0.155. The standard InChI is InChI=1S/C18H32O4/c1-18(2,3)22-17(20)15-13-11-9-7-5-6-8-10-12-14-16(19)21-4/h8,10H,5-7,9,11-15H2,1-4H3. The van der Waals surface area contributed by atoms with Gasteiger partial charge in [0.25, 0.3) is 0 Å². The molecular formula is C18H32O4. The highest BCUT2D eigenvalue weighted by Crippen LogP contribution is 2.12. The number of esters is 2. The van der Waals surface area contributed by atoms with Gasteiger partial charge in [0.2, 0.25) is 0 Å². The summed E-state index contributed by atoms with van der Waals surface area (Å²) >= 11 is 0. The molecule has 22 heavy (non-hydrogen) atoms. The third-order valence-electron chi connectivity index (χ3n) is 3.08. The normalized spacial score (nSPS) is 11.6. The van der Waals surface area contributed by atoms with Gasteiger partial charge >= 0.3 is 11.9 Å². The first-order chi connectivity index (χ1) is 10.3. The highest BCUT2D eigenvalue weighted by molar-refractivity contribution is 5.69. The van der Waals surface area contributed by atoms with Gasteiger partial charge in [-0.15, -0.1) is 0 Å². The van der Waals surface area contributed by atoms with Crippen molar-refractivity contribution in [1.82, 2.24) is 0 Å². The van der Waals surface area contributed by atoms with Gasteiger partial charge in [0.15, 0.2) is 0 Å². The Bertz CT molecular complexity index is 339. The number of methoxy groups -OCH3 is 1. The summed E-state index contributed by atoms with van der Waals surface area (Å²) in [5.41, 5.74) is -0.378. The zero-order chi connectivity index (χ0) is 16.8. The van der Waals surface area contributed by atoms with Crippen LogP contribution in [0.2, 0.25) is 0 Å². The van der Waals surface area contributed by atoms with Gasteiger partial charge in [0.1, 0.15) is 5.60 Å². The molecule has 4 nitrogen and oxygen atoms in total. The van der Waals surface area contributed by atoms with Gasteiger partial charge in [-0.05, 0) is 46.5 Å². The fourth-order valence-electron chi connectivity index (χ4n) is 1.99. The van der Waals surface area contributed by atoms with Crippen molar-refractivity contribution in [2.75, 3.05) is 7.11 Å². The first-order valence-corrected chi connectivity index (χ1v) is 8.29. The lowest BCUT2D eigenvalue weighted by Gasteiger charge is -2.19. The monoisotopic (exact) mass is 312 g/mol. The SMILES string of the molecule is COC(=O)CCC=CCCCCCCCC(=O)OC(C)(C)C. The summed E-state index contributed by atoms with van der Waals surface area (Å²) in [6.45, 7) is 5.68. The van der Waals surface area contributed by atoms with Gasteiger partial charge in [-0.2, -0.15) is 0 Å². The Labute approximate surface area is 135 Å². The molecule has 0 bridgehead atoms. The van der Waals surface area contributed by atoms with Crippen LogP contribution in [0.5, 0.6) is 0 Å². The summed E-state index contributed by atoms with van der Waals surface area (Å²) in [5, 5.41) is 0. The Morgan fingerprint density at radius 3 is 2.05 bits per heavy atom. The molecule has 0 amide bonds. The molecule has 128 valence electrons. The maximum Gasteiger partial charge on any atom is 0.306 e. The van der Waals surface area contributed by atoms with Crippen LogP contribution in [-0.2, 0) is 19.1 Å². The van der Waals surface area contributed by atoms with Crippen molar-refractivity contribution in [2.45, 2.75) is 84.2 Å². The molecular weight excluding hydrogens is 280 g/mol. The lowest BCUT2D eigenvalue weighted by atomic mass is 10.1. The van der Waals surface area contributed by atoms with E-state index in [9.17, 15) is 9.59 Å². The number of unbranched alkanes of at least 4 members (excludes halogenated alkanes) is 5. The van der Waals surface area contributed by atoms with E-state index < -0.39 is 0 Å². The van der Waals surface area contributed by atoms with Crippen molar-refractivity contribution in [2.24, 2.45) is 0 Å². The van der Waals surface area contributed by atoms with E-state index in [1.54, 1.807) is 0 Å². The second kappa shape index (κ2) is 12.2. The molecule has 0 atom stereocenters. The molecule has 4 heteroatoms. The van der Waals surface area contributed by atoms with E-state index >= 15 is 0 Å². The second-order valence-corrected chi connectivity index (χ2v) is 6.48. The Morgan fingerprint density at radius 1 is 0.818 bits per heavy atom. The number of hydrogen-bond donors (Lipinski definition) is 0. The highest BCUT2D eigenvalue weighted by atomic mass is 16.6. The molecule has 0 spiro atoms. The fraction of sp³-hybridized carbons (Fsp3) is 0.778. The minimum Gasteiger partial charge on any atom is -0.469 e. The van der Waals surface area contributed by atoms with Crippen LogP contribution in [0.3, 0.4) is 0 Å². The average Bonchev–Trinajstić information content (AvgIpc) is 2.42. The topological polar surface area (TPSA) is 52.6 Å². The third kappa shape index (κ3) is 15.1. The smallest absolute Gasteiger partial charge is 0.306 e. The van der Waals surface area contributed by atoms with E-state index in [0.29, 0.717) is 12.8 Å². The van der Waals surface area contributed by atoms with Crippen LogP contribution >= 0.6 is 0 Å². The van der Waals surface area contributed by atoms with E-state index in [2.05, 4.69) is 10.8 Å². The Kier molecular flexibility index (Phi) is 11.5. The lowest BCUT2D eigenvalue weighted by Crippen LogP contribution is -2.23. The number of ether oxygens (including phenoxy) is 2. The number of hydrogen-bond acceptors (Lipinski definition) is 4. The highest BCUT2D eigenvalue weighted by Gasteiger charge is 2.15. The van der Waals surface area contributed by atoms with Crippen molar-refractivity contribution < 1.29 is 19.1 Å². The molecule has 0 unspecified atom stereocenters. The molecule has 0 saturated carbocycles. The van der Waals surface area contributed by atoms with Crippen molar-refractivity contribution in [3.05, 3.63) is 12.2 Å². The molecule has 0 heterocycles. The van der Waals surface area contributed by atoms with Gasteiger partial charge in [0.05, 0.1) is 7.11 Å². The summed E-state index contributed by atoms with van der Waals surface area (Å²) in [4.78, 5) is 22.4. The zero-order valence-corrected chi connectivity index (χ0v) is 14.7. The third-order valence-corrected chi connectivity index (χ3v) is 3.08. The Morgan fingerprint density at radius 2 is 1.41 bits per heavy atom. The maximum absolute atomic E-state index is 11.5. The maximum atomic E-state index is 11.5. The van der Waals surface area contributed by atoms with E-state index in [0.717, 1.165) is 38.5 Å². The number of allylic oxidation sites excluding steroid dienone is 2. The molecule has 0 saturated heterocycles. The van der Waals surface area contributed by atoms with Crippen molar-refractivity contribution in [3.8, 4) is 0 Å². The summed E-state index contributed by atoms with van der Waals surface area (Å²) < 4.78 is 9.83. The molecule has 0 aliphatic rings. The zero-order valence-electron chi connectivity index (χ0n) is 14.7. The van der Waals surface area contributed by atoms with Crippen LogP contribution in [0.4, 0.5) is 0 Å². The van der Waals surface area contributed by atoms with Crippen LogP contribution in [0.15, 0.2) is 12.2 Å². The molecule has 0 fully saturated rings. The Hall–Kier alpha value is -1.32. The Balaban J connectivity index is 3.35. The number of rotatable bonds is 11. The van der Waals surface area contributed by atoms with Crippen molar-refractivity contribution in [3.63, 3.8) is 0 Å². The largest absolute Gasteiger partial charge is 0.469 e. The van der Waals surface area contributed by atoms with Gasteiger partial charge in [-0.1, -0.05) is 31.4 Å².